The maximum absolute atomic E-state index is 12.4. The summed E-state index contributed by atoms with van der Waals surface area (Å²) in [5.74, 6) is -2.61. The molecule has 0 bridgehead atoms. The van der Waals surface area contributed by atoms with Crippen LogP contribution in [-0.4, -0.2) is 55.8 Å². The van der Waals surface area contributed by atoms with Gasteiger partial charge >= 0.3 is 11.9 Å². The normalized spacial score (nSPS) is 10.8. The number of carbonyl (C=O) groups is 2. The standard InChI is InChI=1S/C16H23NO8/c1-5-6-7-25-14-12(16(21)24-4)17(9-11(22-2)23-3)8-10(13(14)18)15(19)20/h8,11H,5-7,9H2,1-4H3,(H,19,20). The lowest BCUT2D eigenvalue weighted by molar-refractivity contribution is -0.111. The lowest BCUT2D eigenvalue weighted by Gasteiger charge is -2.20. The molecule has 1 heterocycles. The Bertz CT molecular complexity index is 663. The van der Waals surface area contributed by atoms with Gasteiger partial charge in [-0.2, -0.15) is 0 Å². The van der Waals surface area contributed by atoms with E-state index < -0.39 is 29.2 Å². The highest BCUT2D eigenvalue weighted by atomic mass is 16.7. The molecule has 0 aromatic carbocycles. The number of carboxylic acid groups (broad SMARTS) is 1. The predicted molar refractivity (Wildman–Crippen MR) is 87.2 cm³/mol. The van der Waals surface area contributed by atoms with Crippen molar-refractivity contribution in [2.24, 2.45) is 0 Å². The number of nitrogens with zero attached hydrogens (tertiary/aromatic N) is 1. The number of esters is 1. The van der Waals surface area contributed by atoms with Gasteiger partial charge in [-0.25, -0.2) is 9.59 Å². The van der Waals surface area contributed by atoms with Crippen molar-refractivity contribution >= 4 is 11.9 Å². The Morgan fingerprint density at radius 1 is 1.24 bits per heavy atom. The van der Waals surface area contributed by atoms with Crippen molar-refractivity contribution < 1.29 is 33.6 Å². The van der Waals surface area contributed by atoms with Crippen LogP contribution in [0.1, 0.15) is 40.6 Å². The second-order valence-corrected chi connectivity index (χ2v) is 5.10. The first-order valence-electron chi connectivity index (χ1n) is 7.68. The third kappa shape index (κ3) is 5.04. The Labute approximate surface area is 145 Å². The number of methoxy groups -OCH3 is 3. The average molecular weight is 357 g/mol. The van der Waals surface area contributed by atoms with Crippen LogP contribution in [0, 0.1) is 0 Å². The molecular weight excluding hydrogens is 334 g/mol. The van der Waals surface area contributed by atoms with Gasteiger partial charge in [-0.05, 0) is 6.42 Å². The van der Waals surface area contributed by atoms with Crippen molar-refractivity contribution in [2.45, 2.75) is 32.6 Å². The van der Waals surface area contributed by atoms with Gasteiger partial charge in [-0.3, -0.25) is 4.79 Å². The SMILES string of the molecule is CCCCOc1c(C(=O)OC)n(CC(OC)OC)cc(C(=O)O)c1=O. The highest BCUT2D eigenvalue weighted by Gasteiger charge is 2.27. The van der Waals surface area contributed by atoms with Crippen molar-refractivity contribution in [3.8, 4) is 5.75 Å². The molecule has 140 valence electrons. The molecule has 0 radical (unpaired) electrons. The van der Waals surface area contributed by atoms with Crippen LogP contribution in [-0.2, 0) is 20.8 Å². The van der Waals surface area contributed by atoms with E-state index in [9.17, 15) is 19.5 Å². The van der Waals surface area contributed by atoms with Crippen LogP contribution in [0.15, 0.2) is 11.0 Å². The number of rotatable bonds is 10. The van der Waals surface area contributed by atoms with E-state index in [1.54, 1.807) is 0 Å². The quantitative estimate of drug-likeness (QED) is 0.377. The Hall–Kier alpha value is -2.39. The third-order valence-corrected chi connectivity index (χ3v) is 3.46. The molecule has 0 saturated heterocycles. The molecule has 1 aromatic rings. The lowest BCUT2D eigenvalue weighted by atomic mass is 10.2. The number of unbranched alkanes of at least 4 members (excludes halogenated alkanes) is 1. The summed E-state index contributed by atoms with van der Waals surface area (Å²) >= 11 is 0. The second-order valence-electron chi connectivity index (χ2n) is 5.10. The molecule has 9 heteroatoms. The Morgan fingerprint density at radius 3 is 2.36 bits per heavy atom. The summed E-state index contributed by atoms with van der Waals surface area (Å²) in [6.45, 7) is 2.05. The minimum absolute atomic E-state index is 0.0396. The maximum Gasteiger partial charge on any atom is 0.358 e. The second kappa shape index (κ2) is 9.80. The molecule has 25 heavy (non-hydrogen) atoms. The fraction of sp³-hybridized carbons (Fsp3) is 0.562. The number of aromatic nitrogens is 1. The summed E-state index contributed by atoms with van der Waals surface area (Å²) in [5, 5.41) is 9.27. The number of hydrogen-bond donors (Lipinski definition) is 1. The van der Waals surface area contributed by atoms with Gasteiger partial charge in [-0.1, -0.05) is 13.3 Å². The summed E-state index contributed by atoms with van der Waals surface area (Å²) in [4.78, 5) is 36.0. The predicted octanol–water partition coefficient (Wildman–Crippen LogP) is 1.13. The van der Waals surface area contributed by atoms with Crippen molar-refractivity contribution in [3.63, 3.8) is 0 Å². The zero-order chi connectivity index (χ0) is 19.0. The average Bonchev–Trinajstić information content (AvgIpc) is 2.60. The Balaban J connectivity index is 3.57. The molecular formula is C16H23NO8. The van der Waals surface area contributed by atoms with Crippen LogP contribution in [0.25, 0.3) is 0 Å². The van der Waals surface area contributed by atoms with Gasteiger partial charge in [0.2, 0.25) is 5.43 Å². The van der Waals surface area contributed by atoms with Crippen LogP contribution < -0.4 is 10.2 Å². The van der Waals surface area contributed by atoms with Crippen LogP contribution in [0.4, 0.5) is 0 Å². The summed E-state index contributed by atoms with van der Waals surface area (Å²) < 4.78 is 21.5. The van der Waals surface area contributed by atoms with E-state index in [1.165, 1.54) is 18.8 Å². The van der Waals surface area contributed by atoms with E-state index in [0.717, 1.165) is 19.7 Å². The van der Waals surface area contributed by atoms with E-state index in [2.05, 4.69) is 0 Å². The molecule has 0 aliphatic heterocycles. The first-order valence-corrected chi connectivity index (χ1v) is 7.68. The fourth-order valence-electron chi connectivity index (χ4n) is 2.10. The number of pyridine rings is 1. The largest absolute Gasteiger partial charge is 0.487 e. The minimum Gasteiger partial charge on any atom is -0.487 e. The number of aromatic carboxylic acids is 1. The molecule has 9 nitrogen and oxygen atoms in total. The van der Waals surface area contributed by atoms with Crippen LogP contribution in [0.2, 0.25) is 0 Å². The van der Waals surface area contributed by atoms with E-state index in [1.807, 2.05) is 6.92 Å². The van der Waals surface area contributed by atoms with Crippen LogP contribution >= 0.6 is 0 Å². The van der Waals surface area contributed by atoms with Crippen molar-refractivity contribution in [1.29, 1.82) is 0 Å². The molecule has 1 aromatic heterocycles. The van der Waals surface area contributed by atoms with E-state index in [0.29, 0.717) is 6.42 Å². The van der Waals surface area contributed by atoms with E-state index in [4.69, 9.17) is 18.9 Å². The lowest BCUT2D eigenvalue weighted by Crippen LogP contribution is -2.30. The van der Waals surface area contributed by atoms with Gasteiger partial charge in [0.1, 0.15) is 5.56 Å². The van der Waals surface area contributed by atoms with Gasteiger partial charge in [0.25, 0.3) is 0 Å². The minimum atomic E-state index is -1.43. The molecule has 0 atom stereocenters. The fourth-order valence-corrected chi connectivity index (χ4v) is 2.10. The Morgan fingerprint density at radius 2 is 1.88 bits per heavy atom. The molecule has 0 fully saturated rings. The highest BCUT2D eigenvalue weighted by Crippen LogP contribution is 2.18. The first kappa shape index (κ1) is 20.7. The maximum atomic E-state index is 12.4. The molecule has 0 unspecified atom stereocenters. The van der Waals surface area contributed by atoms with Gasteiger partial charge in [0, 0.05) is 20.4 Å². The zero-order valence-electron chi connectivity index (χ0n) is 14.7. The van der Waals surface area contributed by atoms with E-state index >= 15 is 0 Å². The van der Waals surface area contributed by atoms with Gasteiger partial charge in [0.05, 0.1) is 20.3 Å². The molecule has 1 rings (SSSR count). The number of carboxylic acids is 1. The van der Waals surface area contributed by atoms with E-state index in [-0.39, 0.29) is 24.6 Å². The monoisotopic (exact) mass is 357 g/mol. The summed E-state index contributed by atoms with van der Waals surface area (Å²) in [5.41, 5.74) is -1.59. The number of hydrogen-bond acceptors (Lipinski definition) is 7. The molecule has 0 amide bonds. The topological polar surface area (TPSA) is 113 Å². The number of ether oxygens (including phenoxy) is 4. The van der Waals surface area contributed by atoms with Crippen LogP contribution in [0.3, 0.4) is 0 Å². The molecule has 1 N–H and O–H groups in total. The molecule has 0 aliphatic rings. The third-order valence-electron chi connectivity index (χ3n) is 3.46. The van der Waals surface area contributed by atoms with Gasteiger partial charge in [-0.15, -0.1) is 0 Å². The molecule has 0 saturated carbocycles. The first-order chi connectivity index (χ1) is 11.9. The van der Waals surface area contributed by atoms with Crippen molar-refractivity contribution in [3.05, 3.63) is 27.7 Å². The Kier molecular flexibility index (Phi) is 8.09. The number of carbonyl (C=O) groups excluding carboxylic acids is 1. The van der Waals surface area contributed by atoms with Crippen molar-refractivity contribution in [1.82, 2.24) is 4.57 Å². The van der Waals surface area contributed by atoms with Crippen molar-refractivity contribution in [2.75, 3.05) is 27.9 Å². The molecule has 0 spiro atoms. The van der Waals surface area contributed by atoms with Gasteiger partial charge < -0.3 is 28.6 Å². The summed E-state index contributed by atoms with van der Waals surface area (Å²) in [6.07, 6.45) is 1.72. The molecule has 0 aliphatic carbocycles. The highest BCUT2D eigenvalue weighted by molar-refractivity contribution is 5.93. The van der Waals surface area contributed by atoms with Gasteiger partial charge in [0.15, 0.2) is 17.7 Å². The smallest absolute Gasteiger partial charge is 0.358 e. The zero-order valence-corrected chi connectivity index (χ0v) is 14.7. The summed E-state index contributed by atoms with van der Waals surface area (Å²) in [7, 11) is 3.94. The summed E-state index contributed by atoms with van der Waals surface area (Å²) in [6, 6.07) is 0. The van der Waals surface area contributed by atoms with Crippen LogP contribution in [0.5, 0.6) is 5.75 Å².